The van der Waals surface area contributed by atoms with Gasteiger partial charge in [0, 0.05) is 5.75 Å². The highest BCUT2D eigenvalue weighted by Gasteiger charge is 2.14. The first-order chi connectivity index (χ1) is 4.57. The summed E-state index contributed by atoms with van der Waals surface area (Å²) in [6.07, 6.45) is 0. The Hall–Kier alpha value is -0.910. The van der Waals surface area contributed by atoms with E-state index in [1.54, 1.807) is 0 Å². The third-order valence-electron chi connectivity index (χ3n) is 0.810. The minimum Gasteiger partial charge on any atom is -0.480 e. The van der Waals surface area contributed by atoms with Crippen molar-refractivity contribution >= 4 is 24.6 Å². The molecule has 6 heteroatoms. The standard InChI is InChI=1S/C4H9N3O2S/c5-4(6)7-2(1-10)3(8)9/h2,10H,1H2,(H,8,9)(H4,5,6,7). The molecule has 0 amide bonds. The van der Waals surface area contributed by atoms with E-state index in [1.807, 2.05) is 0 Å². The first-order valence-corrected chi connectivity index (χ1v) is 3.15. The van der Waals surface area contributed by atoms with Crippen LogP contribution in [0.15, 0.2) is 0 Å². The van der Waals surface area contributed by atoms with Gasteiger partial charge in [-0.25, -0.2) is 4.79 Å². The number of guanidine groups is 1. The van der Waals surface area contributed by atoms with Gasteiger partial charge in [-0.2, -0.15) is 12.6 Å². The van der Waals surface area contributed by atoms with E-state index < -0.39 is 12.0 Å². The molecule has 0 radical (unpaired) electrons. The minimum atomic E-state index is -1.06. The van der Waals surface area contributed by atoms with Crippen LogP contribution in [-0.2, 0) is 4.79 Å². The van der Waals surface area contributed by atoms with Gasteiger partial charge in [0.15, 0.2) is 5.96 Å². The maximum absolute atomic E-state index is 10.2. The van der Waals surface area contributed by atoms with E-state index >= 15 is 0 Å². The van der Waals surface area contributed by atoms with Crippen LogP contribution in [0.1, 0.15) is 0 Å². The number of nitrogens with one attached hydrogen (secondary N) is 2. The molecule has 58 valence electrons. The Balaban J connectivity index is 3.83. The molecule has 0 rings (SSSR count). The normalized spacial score (nSPS) is 12.1. The van der Waals surface area contributed by atoms with Gasteiger partial charge in [-0.1, -0.05) is 0 Å². The van der Waals surface area contributed by atoms with Gasteiger partial charge in [0.2, 0.25) is 0 Å². The summed E-state index contributed by atoms with van der Waals surface area (Å²) in [5.41, 5.74) is 4.88. The molecule has 10 heavy (non-hydrogen) atoms. The molecule has 0 saturated heterocycles. The Morgan fingerprint density at radius 1 is 1.90 bits per heavy atom. The lowest BCUT2D eigenvalue weighted by Gasteiger charge is -2.09. The average molecular weight is 163 g/mol. The predicted molar refractivity (Wildman–Crippen MR) is 40.3 cm³/mol. The molecule has 0 aliphatic heterocycles. The van der Waals surface area contributed by atoms with Crippen molar-refractivity contribution in [1.29, 1.82) is 5.41 Å². The molecule has 0 aromatic heterocycles. The van der Waals surface area contributed by atoms with Gasteiger partial charge in [0.1, 0.15) is 6.04 Å². The molecule has 0 fully saturated rings. The molecule has 0 aliphatic rings. The Kier molecular flexibility index (Phi) is 3.63. The zero-order valence-electron chi connectivity index (χ0n) is 5.16. The van der Waals surface area contributed by atoms with Gasteiger partial charge in [-0.3, -0.25) is 5.41 Å². The molecular weight excluding hydrogens is 154 g/mol. The fraction of sp³-hybridized carbons (Fsp3) is 0.500. The fourth-order valence-corrected chi connectivity index (χ4v) is 0.621. The second-order valence-corrected chi connectivity index (χ2v) is 2.00. The summed E-state index contributed by atoms with van der Waals surface area (Å²) >= 11 is 3.73. The molecule has 0 aliphatic carbocycles. The minimum absolute atomic E-state index is 0.106. The van der Waals surface area contributed by atoms with Crippen molar-refractivity contribution in [1.82, 2.24) is 5.32 Å². The van der Waals surface area contributed by atoms with E-state index in [2.05, 4.69) is 17.9 Å². The summed E-state index contributed by atoms with van der Waals surface area (Å²) < 4.78 is 0. The monoisotopic (exact) mass is 163 g/mol. The third kappa shape index (κ3) is 3.18. The summed E-state index contributed by atoms with van der Waals surface area (Å²) in [7, 11) is 0. The molecular formula is C4H9N3O2S. The van der Waals surface area contributed by atoms with Crippen molar-refractivity contribution in [2.75, 3.05) is 5.75 Å². The summed E-state index contributed by atoms with van der Waals surface area (Å²) in [4.78, 5) is 10.2. The van der Waals surface area contributed by atoms with Crippen molar-refractivity contribution in [3.63, 3.8) is 0 Å². The summed E-state index contributed by atoms with van der Waals surface area (Å²) in [5, 5.41) is 17.3. The smallest absolute Gasteiger partial charge is 0.327 e. The number of hydrogen-bond donors (Lipinski definition) is 5. The quantitative estimate of drug-likeness (QED) is 0.206. The Bertz CT molecular complexity index is 149. The van der Waals surface area contributed by atoms with Gasteiger partial charge in [-0.05, 0) is 0 Å². The lowest BCUT2D eigenvalue weighted by atomic mass is 10.3. The zero-order valence-corrected chi connectivity index (χ0v) is 6.06. The van der Waals surface area contributed by atoms with E-state index in [0.717, 1.165) is 0 Å². The van der Waals surface area contributed by atoms with Crippen LogP contribution in [0.2, 0.25) is 0 Å². The Labute approximate surface area is 63.5 Å². The number of carboxylic acid groups (broad SMARTS) is 1. The average Bonchev–Trinajstić information content (AvgIpc) is 1.81. The number of thiol groups is 1. The van der Waals surface area contributed by atoms with Crippen molar-refractivity contribution in [3.05, 3.63) is 0 Å². The van der Waals surface area contributed by atoms with Crippen LogP contribution >= 0.6 is 12.6 Å². The van der Waals surface area contributed by atoms with Crippen LogP contribution in [0.25, 0.3) is 0 Å². The molecule has 0 aromatic rings. The largest absolute Gasteiger partial charge is 0.480 e. The van der Waals surface area contributed by atoms with Crippen LogP contribution in [-0.4, -0.2) is 28.8 Å². The molecule has 0 bridgehead atoms. The Morgan fingerprint density at radius 2 is 2.40 bits per heavy atom. The van der Waals surface area contributed by atoms with Gasteiger partial charge >= 0.3 is 5.97 Å². The van der Waals surface area contributed by atoms with Gasteiger partial charge < -0.3 is 16.2 Å². The van der Waals surface area contributed by atoms with Crippen LogP contribution in [0, 0.1) is 5.41 Å². The highest BCUT2D eigenvalue weighted by Crippen LogP contribution is 1.85. The van der Waals surface area contributed by atoms with Gasteiger partial charge in [0.05, 0.1) is 0 Å². The SMILES string of the molecule is N=C(N)NC(CS)C(=O)O. The summed E-state index contributed by atoms with van der Waals surface area (Å²) in [5.74, 6) is -1.32. The molecule has 5 N–H and O–H groups in total. The van der Waals surface area contributed by atoms with Crippen molar-refractivity contribution in [2.24, 2.45) is 5.73 Å². The number of aliphatic carboxylic acids is 1. The van der Waals surface area contributed by atoms with E-state index in [-0.39, 0.29) is 11.7 Å². The highest BCUT2D eigenvalue weighted by atomic mass is 32.1. The van der Waals surface area contributed by atoms with Crippen LogP contribution in [0.4, 0.5) is 0 Å². The maximum atomic E-state index is 10.2. The first kappa shape index (κ1) is 9.09. The molecule has 5 nitrogen and oxygen atoms in total. The number of rotatable bonds is 3. The van der Waals surface area contributed by atoms with Crippen LogP contribution in [0.3, 0.4) is 0 Å². The second kappa shape index (κ2) is 3.99. The Morgan fingerprint density at radius 3 is 2.50 bits per heavy atom. The summed E-state index contributed by atoms with van der Waals surface area (Å²) in [6.45, 7) is 0. The molecule has 1 atom stereocenters. The number of hydrogen-bond acceptors (Lipinski definition) is 3. The van der Waals surface area contributed by atoms with E-state index in [0.29, 0.717) is 0 Å². The first-order valence-electron chi connectivity index (χ1n) is 2.52. The molecule has 1 unspecified atom stereocenters. The predicted octanol–water partition coefficient (Wildman–Crippen LogP) is -1.15. The fourth-order valence-electron chi connectivity index (χ4n) is 0.373. The van der Waals surface area contributed by atoms with Gasteiger partial charge in [-0.15, -0.1) is 0 Å². The van der Waals surface area contributed by atoms with Crippen molar-refractivity contribution in [2.45, 2.75) is 6.04 Å². The highest BCUT2D eigenvalue weighted by molar-refractivity contribution is 7.80. The maximum Gasteiger partial charge on any atom is 0.327 e. The topological polar surface area (TPSA) is 99.2 Å². The van der Waals surface area contributed by atoms with E-state index in [9.17, 15) is 4.79 Å². The second-order valence-electron chi connectivity index (χ2n) is 1.63. The van der Waals surface area contributed by atoms with Crippen LogP contribution in [0.5, 0.6) is 0 Å². The van der Waals surface area contributed by atoms with E-state index in [1.165, 1.54) is 0 Å². The summed E-state index contributed by atoms with van der Waals surface area (Å²) in [6, 6.07) is -0.874. The lowest BCUT2D eigenvalue weighted by molar-refractivity contribution is -0.138. The van der Waals surface area contributed by atoms with Crippen LogP contribution < -0.4 is 11.1 Å². The zero-order chi connectivity index (χ0) is 8.15. The van der Waals surface area contributed by atoms with Crippen molar-refractivity contribution < 1.29 is 9.90 Å². The third-order valence-corrected chi connectivity index (χ3v) is 1.18. The van der Waals surface area contributed by atoms with Gasteiger partial charge in [0.25, 0.3) is 0 Å². The molecule has 0 aromatic carbocycles. The molecule has 0 heterocycles. The number of nitrogens with two attached hydrogens (primary N) is 1. The van der Waals surface area contributed by atoms with E-state index in [4.69, 9.17) is 16.2 Å². The van der Waals surface area contributed by atoms with Crippen molar-refractivity contribution in [3.8, 4) is 0 Å². The molecule has 0 spiro atoms. The molecule has 0 saturated carbocycles. The number of carboxylic acids is 1. The number of carbonyl (C=O) groups is 1. The lowest BCUT2D eigenvalue weighted by Crippen LogP contribution is -2.45.